The fourth-order valence-corrected chi connectivity index (χ4v) is 1.70. The molecule has 1 rings (SSSR count). The van der Waals surface area contributed by atoms with E-state index in [1.54, 1.807) is 0 Å². The fourth-order valence-electron chi connectivity index (χ4n) is 1.70. The number of rotatable bonds is 5. The minimum absolute atomic E-state index is 0.0489. The van der Waals surface area contributed by atoms with Crippen LogP contribution in [0.1, 0.15) is 16.7 Å². The molecule has 0 unspecified atom stereocenters. The van der Waals surface area contributed by atoms with Crippen molar-refractivity contribution < 1.29 is 9.84 Å². The van der Waals surface area contributed by atoms with Gasteiger partial charge in [-0.3, -0.25) is 0 Å². The Labute approximate surface area is 91.2 Å². The van der Waals surface area contributed by atoms with Crippen molar-refractivity contribution in [2.75, 3.05) is 13.2 Å². The largest absolute Gasteiger partial charge is 0.491 e. The molecular formula is C13H18O2. The number of ether oxygens (including phenoxy) is 1. The van der Waals surface area contributed by atoms with E-state index in [1.807, 2.05) is 19.9 Å². The first-order valence-electron chi connectivity index (χ1n) is 5.13. The van der Waals surface area contributed by atoms with Gasteiger partial charge in [-0.2, -0.15) is 0 Å². The summed E-state index contributed by atoms with van der Waals surface area (Å²) < 4.78 is 5.47. The van der Waals surface area contributed by atoms with Crippen molar-refractivity contribution in [3.05, 3.63) is 41.5 Å². The lowest BCUT2D eigenvalue weighted by Gasteiger charge is -2.12. The Morgan fingerprint density at radius 1 is 1.33 bits per heavy atom. The van der Waals surface area contributed by atoms with Gasteiger partial charge in [-0.1, -0.05) is 18.2 Å². The van der Waals surface area contributed by atoms with Crippen molar-refractivity contribution in [3.63, 3.8) is 0 Å². The monoisotopic (exact) mass is 206 g/mol. The van der Waals surface area contributed by atoms with Gasteiger partial charge in [0.1, 0.15) is 12.4 Å². The zero-order valence-electron chi connectivity index (χ0n) is 9.42. The summed E-state index contributed by atoms with van der Waals surface area (Å²) in [6.45, 7) is 8.16. The highest BCUT2D eigenvalue weighted by atomic mass is 16.5. The van der Waals surface area contributed by atoms with E-state index in [0.29, 0.717) is 6.61 Å². The van der Waals surface area contributed by atoms with Gasteiger partial charge in [0.2, 0.25) is 0 Å². The predicted octanol–water partition coefficient (Wildman–Crippen LogP) is 2.40. The summed E-state index contributed by atoms with van der Waals surface area (Å²) >= 11 is 0. The summed E-state index contributed by atoms with van der Waals surface area (Å²) in [5.41, 5.74) is 3.47. The highest BCUT2D eigenvalue weighted by Gasteiger charge is 2.05. The normalized spacial score (nSPS) is 10.1. The zero-order chi connectivity index (χ0) is 11.3. The Kier molecular flexibility index (Phi) is 4.37. The van der Waals surface area contributed by atoms with E-state index in [1.165, 1.54) is 5.56 Å². The highest BCUT2D eigenvalue weighted by Crippen LogP contribution is 2.25. The Morgan fingerprint density at radius 3 is 2.40 bits per heavy atom. The number of aliphatic hydroxyl groups excluding tert-OH is 1. The van der Waals surface area contributed by atoms with Crippen LogP contribution >= 0.6 is 0 Å². The lowest BCUT2D eigenvalue weighted by Crippen LogP contribution is -2.04. The average Bonchev–Trinajstić information content (AvgIpc) is 2.17. The molecule has 0 aliphatic carbocycles. The Hall–Kier alpha value is -1.28. The van der Waals surface area contributed by atoms with Crippen LogP contribution in [0.25, 0.3) is 0 Å². The molecule has 0 aliphatic rings. The van der Waals surface area contributed by atoms with Crippen LogP contribution in [0.3, 0.4) is 0 Å². The lowest BCUT2D eigenvalue weighted by molar-refractivity contribution is 0.200. The van der Waals surface area contributed by atoms with Crippen molar-refractivity contribution in [3.8, 4) is 5.75 Å². The SMILES string of the molecule is C=CCc1cc(C)c(OCCO)c(C)c1. The molecule has 0 amide bonds. The van der Waals surface area contributed by atoms with Gasteiger partial charge >= 0.3 is 0 Å². The minimum Gasteiger partial charge on any atom is -0.491 e. The molecule has 0 aliphatic heterocycles. The van der Waals surface area contributed by atoms with Crippen molar-refractivity contribution in [1.29, 1.82) is 0 Å². The second kappa shape index (κ2) is 5.56. The first-order chi connectivity index (χ1) is 7.19. The highest BCUT2D eigenvalue weighted by molar-refractivity contribution is 5.43. The van der Waals surface area contributed by atoms with Gasteiger partial charge in [0.05, 0.1) is 6.61 Å². The average molecular weight is 206 g/mol. The standard InChI is InChI=1S/C13H18O2/c1-4-5-12-8-10(2)13(11(3)9-12)15-7-6-14/h4,8-9,14H,1,5-7H2,2-3H3. The molecule has 0 radical (unpaired) electrons. The van der Waals surface area contributed by atoms with Crippen molar-refractivity contribution >= 4 is 0 Å². The van der Waals surface area contributed by atoms with Gasteiger partial charge < -0.3 is 9.84 Å². The van der Waals surface area contributed by atoms with Gasteiger partial charge in [-0.05, 0) is 37.0 Å². The molecule has 0 atom stereocenters. The van der Waals surface area contributed by atoms with Crippen molar-refractivity contribution in [2.45, 2.75) is 20.3 Å². The predicted molar refractivity (Wildman–Crippen MR) is 62.4 cm³/mol. The Bertz CT molecular complexity index is 319. The van der Waals surface area contributed by atoms with Gasteiger partial charge in [0.25, 0.3) is 0 Å². The van der Waals surface area contributed by atoms with Gasteiger partial charge in [0, 0.05) is 0 Å². The zero-order valence-corrected chi connectivity index (χ0v) is 9.42. The molecule has 1 aromatic carbocycles. The number of aryl methyl sites for hydroxylation is 2. The van der Waals surface area contributed by atoms with Crippen molar-refractivity contribution in [1.82, 2.24) is 0 Å². The van der Waals surface area contributed by atoms with Gasteiger partial charge in [0.15, 0.2) is 0 Å². The number of benzene rings is 1. The lowest BCUT2D eigenvalue weighted by atomic mass is 10.0. The molecular weight excluding hydrogens is 188 g/mol. The van der Waals surface area contributed by atoms with Crippen LogP contribution in [0.2, 0.25) is 0 Å². The summed E-state index contributed by atoms with van der Waals surface area (Å²) in [6, 6.07) is 4.20. The topological polar surface area (TPSA) is 29.5 Å². The van der Waals surface area contributed by atoms with Crippen LogP contribution in [0.5, 0.6) is 5.75 Å². The van der Waals surface area contributed by atoms with E-state index in [4.69, 9.17) is 9.84 Å². The van der Waals surface area contributed by atoms with Crippen LogP contribution in [-0.4, -0.2) is 18.3 Å². The molecule has 1 aromatic rings. The molecule has 15 heavy (non-hydrogen) atoms. The number of hydrogen-bond acceptors (Lipinski definition) is 2. The molecule has 0 saturated carbocycles. The third-order valence-electron chi connectivity index (χ3n) is 2.24. The Balaban J connectivity index is 2.93. The van der Waals surface area contributed by atoms with E-state index >= 15 is 0 Å². The molecule has 1 N–H and O–H groups in total. The molecule has 0 aromatic heterocycles. The summed E-state index contributed by atoms with van der Waals surface area (Å²) in [6.07, 6.45) is 2.77. The smallest absolute Gasteiger partial charge is 0.125 e. The summed E-state index contributed by atoms with van der Waals surface area (Å²) in [5.74, 6) is 0.886. The molecule has 82 valence electrons. The van der Waals surface area contributed by atoms with Gasteiger partial charge in [-0.25, -0.2) is 0 Å². The van der Waals surface area contributed by atoms with Crippen LogP contribution in [0.15, 0.2) is 24.8 Å². The molecule has 0 bridgehead atoms. The summed E-state index contributed by atoms with van der Waals surface area (Å²) in [5, 5.41) is 8.71. The van der Waals surface area contributed by atoms with Gasteiger partial charge in [-0.15, -0.1) is 6.58 Å². The summed E-state index contributed by atoms with van der Waals surface area (Å²) in [7, 11) is 0. The first-order valence-corrected chi connectivity index (χ1v) is 5.13. The fraction of sp³-hybridized carbons (Fsp3) is 0.385. The van der Waals surface area contributed by atoms with Crippen LogP contribution in [0.4, 0.5) is 0 Å². The van der Waals surface area contributed by atoms with E-state index in [0.717, 1.165) is 23.3 Å². The first kappa shape index (κ1) is 11.8. The molecule has 2 heteroatoms. The maximum absolute atomic E-state index is 8.71. The second-order valence-corrected chi connectivity index (χ2v) is 3.62. The van der Waals surface area contributed by atoms with E-state index in [-0.39, 0.29) is 6.61 Å². The number of aliphatic hydroxyl groups is 1. The molecule has 2 nitrogen and oxygen atoms in total. The second-order valence-electron chi connectivity index (χ2n) is 3.62. The molecule has 0 spiro atoms. The molecule has 0 fully saturated rings. The van der Waals surface area contributed by atoms with Crippen LogP contribution < -0.4 is 4.74 Å². The quantitative estimate of drug-likeness (QED) is 0.750. The molecule has 0 heterocycles. The minimum atomic E-state index is 0.0489. The third-order valence-corrected chi connectivity index (χ3v) is 2.24. The van der Waals surface area contributed by atoms with E-state index in [9.17, 15) is 0 Å². The van der Waals surface area contributed by atoms with Crippen LogP contribution in [0, 0.1) is 13.8 Å². The Morgan fingerprint density at radius 2 is 1.93 bits per heavy atom. The van der Waals surface area contributed by atoms with E-state index < -0.39 is 0 Å². The maximum Gasteiger partial charge on any atom is 0.125 e. The number of allylic oxidation sites excluding steroid dienone is 1. The molecule has 0 saturated heterocycles. The number of hydrogen-bond donors (Lipinski definition) is 1. The maximum atomic E-state index is 8.71. The summed E-state index contributed by atoms with van der Waals surface area (Å²) in [4.78, 5) is 0. The van der Waals surface area contributed by atoms with E-state index in [2.05, 4.69) is 18.7 Å². The van der Waals surface area contributed by atoms with Crippen LogP contribution in [-0.2, 0) is 6.42 Å². The third kappa shape index (κ3) is 3.10. The van der Waals surface area contributed by atoms with Crippen molar-refractivity contribution in [2.24, 2.45) is 0 Å².